The van der Waals surface area contributed by atoms with Gasteiger partial charge in [-0.25, -0.2) is 0 Å². The molecule has 1 N–H and O–H groups in total. The van der Waals surface area contributed by atoms with Crippen LogP contribution in [0.3, 0.4) is 0 Å². The van der Waals surface area contributed by atoms with Crippen molar-refractivity contribution in [2.24, 2.45) is 0 Å². The summed E-state index contributed by atoms with van der Waals surface area (Å²) in [5, 5.41) is 23.4. The van der Waals surface area contributed by atoms with Crippen molar-refractivity contribution in [2.75, 3.05) is 5.32 Å². The number of rotatable bonds is 4. The predicted octanol–water partition coefficient (Wildman–Crippen LogP) is 4.17. The number of nitrogens with zero attached hydrogens (tertiary/aromatic N) is 3. The largest absolute Gasteiger partial charge is 0.330 e. The molecule has 0 aliphatic rings. The number of nitrogens with one attached hydrogen (secondary N) is 1. The molecule has 7 heteroatoms. The van der Waals surface area contributed by atoms with Crippen LogP contribution in [-0.2, 0) is 0 Å². The summed E-state index contributed by atoms with van der Waals surface area (Å²) in [6.07, 6.45) is 0. The number of hydrogen-bond donors (Lipinski definition) is 1. The smallest absolute Gasteiger partial charge is 0.269 e. The first kappa shape index (κ1) is 14.2. The van der Waals surface area contributed by atoms with E-state index < -0.39 is 4.92 Å². The lowest BCUT2D eigenvalue weighted by Crippen LogP contribution is -1.88. The monoisotopic (exact) mass is 312 g/mol. The van der Waals surface area contributed by atoms with Crippen LogP contribution in [0.1, 0.15) is 5.56 Å². The third kappa shape index (κ3) is 3.09. The molecule has 0 saturated heterocycles. The Labute approximate surface area is 130 Å². The highest BCUT2D eigenvalue weighted by Gasteiger charge is 2.09. The van der Waals surface area contributed by atoms with Gasteiger partial charge in [-0.15, -0.1) is 10.2 Å². The van der Waals surface area contributed by atoms with Gasteiger partial charge in [0, 0.05) is 23.4 Å². The molecule has 0 aliphatic carbocycles. The zero-order valence-electron chi connectivity index (χ0n) is 11.7. The highest BCUT2D eigenvalue weighted by molar-refractivity contribution is 7.18. The predicted molar refractivity (Wildman–Crippen MR) is 86.5 cm³/mol. The summed E-state index contributed by atoms with van der Waals surface area (Å²) < 4.78 is 0. The van der Waals surface area contributed by atoms with E-state index in [1.165, 1.54) is 29.0 Å². The molecule has 0 aliphatic heterocycles. The van der Waals surface area contributed by atoms with Crippen LogP contribution >= 0.6 is 11.3 Å². The van der Waals surface area contributed by atoms with Crippen molar-refractivity contribution in [3.8, 4) is 10.6 Å². The number of anilines is 2. The van der Waals surface area contributed by atoms with Gasteiger partial charge in [-0.2, -0.15) is 0 Å². The van der Waals surface area contributed by atoms with Gasteiger partial charge in [0.25, 0.3) is 5.69 Å². The minimum absolute atomic E-state index is 0.0614. The topological polar surface area (TPSA) is 81.0 Å². The average Bonchev–Trinajstić information content (AvgIpc) is 2.98. The molecule has 6 nitrogen and oxygen atoms in total. The Balaban J connectivity index is 1.78. The summed E-state index contributed by atoms with van der Waals surface area (Å²) in [4.78, 5) is 10.2. The molecule has 22 heavy (non-hydrogen) atoms. The van der Waals surface area contributed by atoms with Crippen molar-refractivity contribution >= 4 is 27.8 Å². The molecule has 1 heterocycles. The molecule has 0 spiro atoms. The van der Waals surface area contributed by atoms with Gasteiger partial charge in [-0.3, -0.25) is 10.1 Å². The maximum absolute atomic E-state index is 10.7. The second kappa shape index (κ2) is 5.90. The van der Waals surface area contributed by atoms with Crippen LogP contribution in [0, 0.1) is 17.0 Å². The minimum Gasteiger partial charge on any atom is -0.330 e. The Hall–Kier alpha value is -2.80. The van der Waals surface area contributed by atoms with Crippen molar-refractivity contribution in [3.63, 3.8) is 0 Å². The van der Waals surface area contributed by atoms with Crippen molar-refractivity contribution in [2.45, 2.75) is 6.92 Å². The fourth-order valence-corrected chi connectivity index (χ4v) is 2.65. The molecule has 2 aromatic carbocycles. The van der Waals surface area contributed by atoms with E-state index in [2.05, 4.69) is 15.5 Å². The van der Waals surface area contributed by atoms with Crippen molar-refractivity contribution in [1.29, 1.82) is 0 Å². The number of non-ortho nitro benzene ring substituents is 1. The molecule has 0 bridgehead atoms. The average molecular weight is 312 g/mol. The molecule has 0 unspecified atom stereocenters. The lowest BCUT2D eigenvalue weighted by Gasteiger charge is -2.01. The van der Waals surface area contributed by atoms with Crippen LogP contribution in [0.5, 0.6) is 0 Å². The van der Waals surface area contributed by atoms with E-state index in [9.17, 15) is 10.1 Å². The maximum Gasteiger partial charge on any atom is 0.269 e. The van der Waals surface area contributed by atoms with E-state index in [1.54, 1.807) is 12.1 Å². The zero-order chi connectivity index (χ0) is 15.5. The fraction of sp³-hybridized carbons (Fsp3) is 0.0667. The van der Waals surface area contributed by atoms with E-state index in [0.29, 0.717) is 10.1 Å². The Morgan fingerprint density at radius 3 is 2.36 bits per heavy atom. The Morgan fingerprint density at radius 1 is 1.05 bits per heavy atom. The van der Waals surface area contributed by atoms with Crippen molar-refractivity contribution in [3.05, 3.63) is 64.2 Å². The molecule has 0 radical (unpaired) electrons. The van der Waals surface area contributed by atoms with Gasteiger partial charge in [0.15, 0.2) is 0 Å². The van der Waals surface area contributed by atoms with Crippen LogP contribution in [0.2, 0.25) is 0 Å². The number of hydrogen-bond acceptors (Lipinski definition) is 6. The van der Waals surface area contributed by atoms with Gasteiger partial charge in [0.1, 0.15) is 5.01 Å². The number of nitro benzene ring substituents is 1. The number of aryl methyl sites for hydroxylation is 1. The van der Waals surface area contributed by atoms with Crippen LogP contribution in [-0.4, -0.2) is 15.1 Å². The van der Waals surface area contributed by atoms with Gasteiger partial charge in [-0.05, 0) is 31.2 Å². The van der Waals surface area contributed by atoms with Gasteiger partial charge in [0.05, 0.1) is 4.92 Å². The summed E-state index contributed by atoms with van der Waals surface area (Å²) in [6.45, 7) is 2.03. The quantitative estimate of drug-likeness (QED) is 0.577. The lowest BCUT2D eigenvalue weighted by molar-refractivity contribution is -0.384. The molecule has 0 saturated carbocycles. The summed E-state index contributed by atoms with van der Waals surface area (Å²) in [5.41, 5.74) is 3.00. The summed E-state index contributed by atoms with van der Waals surface area (Å²) >= 11 is 1.40. The molecular formula is C15H12N4O2S. The molecule has 0 amide bonds. The highest BCUT2D eigenvalue weighted by Crippen LogP contribution is 2.29. The summed E-state index contributed by atoms with van der Waals surface area (Å²) in [5.74, 6) is 0. The van der Waals surface area contributed by atoms with Crippen molar-refractivity contribution < 1.29 is 4.92 Å². The first-order chi connectivity index (χ1) is 10.6. The van der Waals surface area contributed by atoms with Crippen LogP contribution in [0.4, 0.5) is 16.5 Å². The summed E-state index contributed by atoms with van der Waals surface area (Å²) in [6, 6.07) is 14.3. The first-order valence-corrected chi connectivity index (χ1v) is 7.35. The standard InChI is InChI=1S/C15H12N4O2S/c1-10-2-6-12(7-3-10)16-15-18-17-14(22-15)11-4-8-13(9-5-11)19(20)21/h2-9H,1H3,(H,16,18). The zero-order valence-corrected chi connectivity index (χ0v) is 12.5. The van der Waals surface area contributed by atoms with Crippen LogP contribution < -0.4 is 5.32 Å². The molecule has 0 fully saturated rings. The molecule has 0 atom stereocenters. The molecule has 110 valence electrons. The van der Waals surface area contributed by atoms with E-state index in [1.807, 2.05) is 31.2 Å². The van der Waals surface area contributed by atoms with Crippen LogP contribution in [0.25, 0.3) is 10.6 Å². The van der Waals surface area contributed by atoms with E-state index in [-0.39, 0.29) is 5.69 Å². The first-order valence-electron chi connectivity index (χ1n) is 6.54. The Morgan fingerprint density at radius 2 is 1.73 bits per heavy atom. The maximum atomic E-state index is 10.7. The van der Waals surface area contributed by atoms with Gasteiger partial charge >= 0.3 is 0 Å². The highest BCUT2D eigenvalue weighted by atomic mass is 32.1. The lowest BCUT2D eigenvalue weighted by atomic mass is 10.2. The van der Waals surface area contributed by atoms with Crippen molar-refractivity contribution in [1.82, 2.24) is 10.2 Å². The third-order valence-electron chi connectivity index (χ3n) is 3.05. The second-order valence-electron chi connectivity index (χ2n) is 4.71. The number of benzene rings is 2. The third-order valence-corrected chi connectivity index (χ3v) is 3.94. The fourth-order valence-electron chi connectivity index (χ4n) is 1.88. The summed E-state index contributed by atoms with van der Waals surface area (Å²) in [7, 11) is 0. The van der Waals surface area contributed by atoms with Gasteiger partial charge in [0.2, 0.25) is 5.13 Å². The normalized spacial score (nSPS) is 10.4. The minimum atomic E-state index is -0.422. The molecule has 1 aromatic heterocycles. The SMILES string of the molecule is Cc1ccc(Nc2nnc(-c3ccc([N+](=O)[O-])cc3)s2)cc1. The van der Waals surface area contributed by atoms with E-state index >= 15 is 0 Å². The molecular weight excluding hydrogens is 300 g/mol. The number of nitro groups is 1. The van der Waals surface area contributed by atoms with Gasteiger partial charge in [-0.1, -0.05) is 29.0 Å². The second-order valence-corrected chi connectivity index (χ2v) is 5.68. The number of aromatic nitrogens is 2. The Bertz CT molecular complexity index is 797. The molecule has 3 aromatic rings. The van der Waals surface area contributed by atoms with E-state index in [4.69, 9.17) is 0 Å². The van der Waals surface area contributed by atoms with Crippen LogP contribution in [0.15, 0.2) is 48.5 Å². The Kier molecular flexibility index (Phi) is 3.80. The van der Waals surface area contributed by atoms with E-state index in [0.717, 1.165) is 11.3 Å². The van der Waals surface area contributed by atoms with Gasteiger partial charge < -0.3 is 5.32 Å². The molecule has 3 rings (SSSR count).